The van der Waals surface area contributed by atoms with E-state index in [0.717, 1.165) is 35.0 Å². The Morgan fingerprint density at radius 2 is 2.04 bits per heavy atom. The number of nitrogens with two attached hydrogens (primary N) is 1. The summed E-state index contributed by atoms with van der Waals surface area (Å²) < 4.78 is 0. The lowest BCUT2D eigenvalue weighted by molar-refractivity contribution is -0.115. The van der Waals surface area contributed by atoms with Crippen LogP contribution in [0.5, 0.6) is 0 Å². The summed E-state index contributed by atoms with van der Waals surface area (Å²) in [6.07, 6.45) is 0.886. The van der Waals surface area contributed by atoms with Gasteiger partial charge in [-0.2, -0.15) is 4.99 Å². The first-order valence-corrected chi connectivity index (χ1v) is 8.82. The number of aliphatic imine (C=N–C) groups is 1. The average molecular weight is 341 g/mol. The highest BCUT2D eigenvalue weighted by Crippen LogP contribution is 2.53. The van der Waals surface area contributed by atoms with Crippen molar-refractivity contribution >= 4 is 40.0 Å². The molecule has 1 aromatic carbocycles. The fourth-order valence-electron chi connectivity index (χ4n) is 4.18. The van der Waals surface area contributed by atoms with Crippen molar-refractivity contribution in [3.63, 3.8) is 0 Å². The third-order valence-corrected chi connectivity index (χ3v) is 5.86. The molecule has 3 aliphatic rings. The summed E-state index contributed by atoms with van der Waals surface area (Å²) >= 11 is 1.09. The van der Waals surface area contributed by atoms with E-state index in [1.807, 2.05) is 17.9 Å². The van der Waals surface area contributed by atoms with Crippen molar-refractivity contribution in [2.75, 3.05) is 4.90 Å². The number of hydrogen-bond acceptors (Lipinski definition) is 4. The zero-order valence-corrected chi connectivity index (χ0v) is 15.0. The highest BCUT2D eigenvalue weighted by Gasteiger charge is 2.49. The molecular weight excluding hydrogens is 322 g/mol. The van der Waals surface area contributed by atoms with Crippen LogP contribution >= 0.6 is 11.8 Å². The second kappa shape index (κ2) is 4.72. The predicted octanol–water partition coefficient (Wildman–Crippen LogP) is 2.93. The van der Waals surface area contributed by atoms with Gasteiger partial charge in [-0.1, -0.05) is 18.6 Å². The number of hydrogen-bond donors (Lipinski definition) is 1. The van der Waals surface area contributed by atoms with Gasteiger partial charge in [-0.15, -0.1) is 0 Å². The van der Waals surface area contributed by atoms with Crippen LogP contribution in [0.25, 0.3) is 5.57 Å². The van der Waals surface area contributed by atoms with Crippen LogP contribution in [-0.2, 0) is 9.59 Å². The Morgan fingerprint density at radius 3 is 2.67 bits per heavy atom. The van der Waals surface area contributed by atoms with Crippen molar-refractivity contribution in [2.45, 2.75) is 45.6 Å². The molecule has 1 atom stereocenters. The number of carbonyl (C=O) groups is 2. The summed E-state index contributed by atoms with van der Waals surface area (Å²) in [6.45, 7) is 8.37. The second-order valence-electron chi connectivity index (χ2n) is 7.37. The summed E-state index contributed by atoms with van der Waals surface area (Å²) in [4.78, 5) is 31.5. The Morgan fingerprint density at radius 1 is 1.33 bits per heavy atom. The first-order valence-electron chi connectivity index (χ1n) is 8.01. The minimum absolute atomic E-state index is 0.116. The summed E-state index contributed by atoms with van der Waals surface area (Å²) in [5.41, 5.74) is 9.92. The largest absolute Gasteiger partial charge is 0.378 e. The van der Waals surface area contributed by atoms with Crippen LogP contribution in [0.4, 0.5) is 5.69 Å². The predicted molar refractivity (Wildman–Crippen MR) is 96.9 cm³/mol. The van der Waals surface area contributed by atoms with Crippen molar-refractivity contribution < 1.29 is 9.59 Å². The van der Waals surface area contributed by atoms with E-state index in [0.29, 0.717) is 16.4 Å². The Balaban J connectivity index is 2.05. The summed E-state index contributed by atoms with van der Waals surface area (Å²) in [5, 5.41) is 0.200. The molecule has 1 aromatic rings. The number of carbonyl (C=O) groups excluding carboxylic acids is 2. The number of thioether (sulfide) groups is 1. The fraction of sp³-hybridized carbons (Fsp3) is 0.389. The topological polar surface area (TPSA) is 75.8 Å². The SMILES string of the molecule is Cc1cc2c3c(c1)[C@@H](C)CC(C)(C)N3C(=O)/C2=C1\SC(N)=NC1=O. The van der Waals surface area contributed by atoms with Crippen LogP contribution < -0.4 is 10.6 Å². The Hall–Kier alpha value is -2.08. The maximum Gasteiger partial charge on any atom is 0.287 e. The molecule has 0 saturated heterocycles. The first-order chi connectivity index (χ1) is 11.2. The zero-order valence-electron chi connectivity index (χ0n) is 14.1. The number of anilines is 1. The molecule has 0 aliphatic carbocycles. The molecule has 3 aliphatic heterocycles. The Labute approximate surface area is 145 Å². The summed E-state index contributed by atoms with van der Waals surface area (Å²) in [5.74, 6) is -0.174. The van der Waals surface area contributed by atoms with Gasteiger partial charge in [0.25, 0.3) is 11.8 Å². The smallest absolute Gasteiger partial charge is 0.287 e. The molecule has 2 N–H and O–H groups in total. The van der Waals surface area contributed by atoms with Gasteiger partial charge >= 0.3 is 0 Å². The monoisotopic (exact) mass is 341 g/mol. The number of nitrogens with zero attached hydrogens (tertiary/aromatic N) is 2. The van der Waals surface area contributed by atoms with Crippen LogP contribution in [0, 0.1) is 6.92 Å². The molecule has 3 heterocycles. The molecule has 0 unspecified atom stereocenters. The lowest BCUT2D eigenvalue weighted by atomic mass is 9.80. The van der Waals surface area contributed by atoms with Gasteiger partial charge in [0.1, 0.15) is 0 Å². The number of benzene rings is 1. The van der Waals surface area contributed by atoms with E-state index in [4.69, 9.17) is 5.73 Å². The number of amides is 2. The minimum Gasteiger partial charge on any atom is -0.378 e. The van der Waals surface area contributed by atoms with E-state index < -0.39 is 5.91 Å². The highest BCUT2D eigenvalue weighted by molar-refractivity contribution is 8.18. The fourth-order valence-corrected chi connectivity index (χ4v) is 4.95. The molecule has 24 heavy (non-hydrogen) atoms. The van der Waals surface area contributed by atoms with Crippen LogP contribution in [0.15, 0.2) is 22.0 Å². The van der Waals surface area contributed by atoms with Crippen molar-refractivity contribution in [1.29, 1.82) is 0 Å². The maximum absolute atomic E-state index is 13.3. The minimum atomic E-state index is -0.415. The molecule has 6 heteroatoms. The molecule has 124 valence electrons. The van der Waals surface area contributed by atoms with Gasteiger partial charge in [-0.3, -0.25) is 9.59 Å². The lowest BCUT2D eigenvalue weighted by Crippen LogP contribution is -2.49. The quantitative estimate of drug-likeness (QED) is 0.736. The van der Waals surface area contributed by atoms with E-state index in [2.05, 4.69) is 31.8 Å². The van der Waals surface area contributed by atoms with Gasteiger partial charge in [0.15, 0.2) is 5.17 Å². The first kappa shape index (κ1) is 15.4. The normalized spacial score (nSPS) is 27.6. The number of rotatable bonds is 0. The molecule has 0 aromatic heterocycles. The number of aryl methyl sites for hydroxylation is 1. The number of amidine groups is 1. The Kier molecular flexibility index (Phi) is 3.04. The van der Waals surface area contributed by atoms with E-state index >= 15 is 0 Å². The zero-order chi connectivity index (χ0) is 17.4. The Bertz CT molecular complexity index is 882. The molecule has 0 bridgehead atoms. The van der Waals surface area contributed by atoms with E-state index in [-0.39, 0.29) is 16.6 Å². The van der Waals surface area contributed by atoms with Crippen molar-refractivity contribution in [2.24, 2.45) is 10.7 Å². The van der Waals surface area contributed by atoms with Gasteiger partial charge in [-0.05, 0) is 56.5 Å². The van der Waals surface area contributed by atoms with Gasteiger partial charge < -0.3 is 10.6 Å². The van der Waals surface area contributed by atoms with Crippen molar-refractivity contribution in [3.05, 3.63) is 33.7 Å². The van der Waals surface area contributed by atoms with Crippen LogP contribution in [0.2, 0.25) is 0 Å². The average Bonchev–Trinajstić information content (AvgIpc) is 2.92. The molecule has 4 rings (SSSR count). The maximum atomic E-state index is 13.3. The third-order valence-electron chi connectivity index (χ3n) is 4.98. The highest BCUT2D eigenvalue weighted by atomic mass is 32.2. The third kappa shape index (κ3) is 1.92. The lowest BCUT2D eigenvalue weighted by Gasteiger charge is -2.43. The standard InChI is InChI=1S/C18H19N3O2S/c1-8-5-10-9(2)7-18(3,4)21-13(10)11(6-8)12(16(21)23)14-15(22)20-17(19)24-14/h5-6,9H,7H2,1-4H3,(H2,19,20,22)/b14-12-/t9-/m0/s1. The van der Waals surface area contributed by atoms with E-state index in [9.17, 15) is 9.59 Å². The van der Waals surface area contributed by atoms with Crippen LogP contribution in [-0.4, -0.2) is 22.5 Å². The molecule has 5 nitrogen and oxygen atoms in total. The molecule has 0 radical (unpaired) electrons. The van der Waals surface area contributed by atoms with Crippen LogP contribution in [0.3, 0.4) is 0 Å². The van der Waals surface area contributed by atoms with Gasteiger partial charge in [0.05, 0.1) is 16.2 Å². The van der Waals surface area contributed by atoms with E-state index in [1.54, 1.807) is 0 Å². The molecule has 0 saturated carbocycles. The van der Waals surface area contributed by atoms with Gasteiger partial charge in [-0.25, -0.2) is 0 Å². The molecule has 0 spiro atoms. The van der Waals surface area contributed by atoms with E-state index in [1.165, 1.54) is 5.56 Å². The molecule has 0 fully saturated rings. The van der Waals surface area contributed by atoms with Crippen molar-refractivity contribution in [1.82, 2.24) is 0 Å². The van der Waals surface area contributed by atoms with Crippen molar-refractivity contribution in [3.8, 4) is 0 Å². The second-order valence-corrected chi connectivity index (χ2v) is 8.40. The van der Waals surface area contributed by atoms with Gasteiger partial charge in [0, 0.05) is 11.1 Å². The molecule has 2 amide bonds. The summed E-state index contributed by atoms with van der Waals surface area (Å²) in [7, 11) is 0. The van der Waals surface area contributed by atoms with Crippen LogP contribution in [0.1, 0.15) is 49.8 Å². The van der Waals surface area contributed by atoms with Gasteiger partial charge in [0.2, 0.25) is 0 Å². The summed E-state index contributed by atoms with van der Waals surface area (Å²) in [6, 6.07) is 4.15. The molecular formula is C18H19N3O2S.